The summed E-state index contributed by atoms with van der Waals surface area (Å²) in [5.74, 6) is 0.714. The summed E-state index contributed by atoms with van der Waals surface area (Å²) < 4.78 is 28.3. The number of amides is 1. The fraction of sp³-hybridized carbons (Fsp3) is 0.500. The number of unbranched alkanes of at least 4 members (excludes halogenated alkanes) is 1. The molecule has 0 atom stereocenters. The molecule has 20 heavy (non-hydrogen) atoms. The van der Waals surface area contributed by atoms with Crippen molar-refractivity contribution < 1.29 is 18.3 Å². The minimum Gasteiger partial charge on any atom is -0.435 e. The molecule has 1 rings (SSSR count). The van der Waals surface area contributed by atoms with Gasteiger partial charge in [-0.15, -0.1) is 11.6 Å². The van der Waals surface area contributed by atoms with Gasteiger partial charge in [0.1, 0.15) is 5.75 Å². The molecule has 0 saturated heterocycles. The maximum absolute atomic E-state index is 12.0. The molecule has 0 radical (unpaired) electrons. The van der Waals surface area contributed by atoms with Crippen LogP contribution in [0.5, 0.6) is 5.75 Å². The quantitative estimate of drug-likeness (QED) is 0.542. The first kappa shape index (κ1) is 16.7. The number of carbonyl (C=O) groups is 1. The number of nitrogens with zero attached hydrogens (tertiary/aromatic N) is 1. The Kier molecular flexibility index (Phi) is 7.30. The minimum atomic E-state index is -2.83. The Balaban J connectivity index is 2.45. The zero-order valence-electron chi connectivity index (χ0n) is 11.3. The molecule has 0 fully saturated rings. The van der Waals surface area contributed by atoms with E-state index in [9.17, 15) is 13.6 Å². The van der Waals surface area contributed by atoms with Crippen LogP contribution in [0.3, 0.4) is 0 Å². The van der Waals surface area contributed by atoms with Crippen LogP contribution in [0.1, 0.15) is 24.8 Å². The lowest BCUT2D eigenvalue weighted by molar-refractivity contribution is -0.130. The van der Waals surface area contributed by atoms with Crippen LogP contribution in [-0.2, 0) is 11.3 Å². The summed E-state index contributed by atoms with van der Waals surface area (Å²) in [6.45, 7) is -2.39. The van der Waals surface area contributed by atoms with E-state index in [0.29, 0.717) is 18.8 Å². The molecule has 0 bridgehead atoms. The Morgan fingerprint density at radius 1 is 1.30 bits per heavy atom. The molecule has 6 heteroatoms. The molecule has 1 aromatic rings. The van der Waals surface area contributed by atoms with Crippen molar-refractivity contribution in [3.63, 3.8) is 0 Å². The van der Waals surface area contributed by atoms with Crippen LogP contribution in [0.4, 0.5) is 8.78 Å². The third kappa shape index (κ3) is 6.19. The SMILES string of the molecule is CN(Cc1ccc(OC(F)F)cc1)C(=O)CCCCCl. The van der Waals surface area contributed by atoms with Crippen molar-refractivity contribution in [2.45, 2.75) is 32.4 Å². The van der Waals surface area contributed by atoms with Gasteiger partial charge in [-0.25, -0.2) is 0 Å². The summed E-state index contributed by atoms with van der Waals surface area (Å²) in [5, 5.41) is 0. The van der Waals surface area contributed by atoms with Crippen LogP contribution in [0.2, 0.25) is 0 Å². The van der Waals surface area contributed by atoms with Crippen LogP contribution in [-0.4, -0.2) is 30.3 Å². The number of hydrogen-bond donors (Lipinski definition) is 0. The normalized spacial score (nSPS) is 10.7. The van der Waals surface area contributed by atoms with Crippen molar-refractivity contribution in [3.8, 4) is 5.75 Å². The molecule has 0 N–H and O–H groups in total. The van der Waals surface area contributed by atoms with Crippen LogP contribution < -0.4 is 4.74 Å². The van der Waals surface area contributed by atoms with Gasteiger partial charge in [-0.3, -0.25) is 4.79 Å². The Bertz CT molecular complexity index is 412. The number of ether oxygens (including phenoxy) is 1. The van der Waals surface area contributed by atoms with E-state index in [4.69, 9.17) is 11.6 Å². The Morgan fingerprint density at radius 2 is 1.95 bits per heavy atom. The molecule has 0 saturated carbocycles. The lowest BCUT2D eigenvalue weighted by Gasteiger charge is -2.17. The van der Waals surface area contributed by atoms with Crippen molar-refractivity contribution in [1.82, 2.24) is 4.90 Å². The molecular formula is C14H18ClF2NO2. The average molecular weight is 306 g/mol. The van der Waals surface area contributed by atoms with Crippen LogP contribution in [0.25, 0.3) is 0 Å². The minimum absolute atomic E-state index is 0.0445. The predicted octanol–water partition coefficient (Wildman–Crippen LogP) is 3.66. The van der Waals surface area contributed by atoms with Crippen molar-refractivity contribution in [2.24, 2.45) is 0 Å². The number of carbonyl (C=O) groups excluding carboxylic acids is 1. The van der Waals surface area contributed by atoms with Gasteiger partial charge in [-0.2, -0.15) is 8.78 Å². The second-order valence-corrected chi connectivity index (χ2v) is 4.80. The molecule has 0 unspecified atom stereocenters. The molecule has 112 valence electrons. The van der Waals surface area contributed by atoms with Gasteiger partial charge in [-0.1, -0.05) is 12.1 Å². The summed E-state index contributed by atoms with van der Waals surface area (Å²) >= 11 is 5.55. The van der Waals surface area contributed by atoms with E-state index in [2.05, 4.69) is 4.74 Å². The second kappa shape index (κ2) is 8.74. The topological polar surface area (TPSA) is 29.5 Å². The lowest BCUT2D eigenvalue weighted by Crippen LogP contribution is -2.25. The van der Waals surface area contributed by atoms with E-state index in [1.165, 1.54) is 12.1 Å². The molecule has 1 aromatic carbocycles. The zero-order chi connectivity index (χ0) is 15.0. The van der Waals surface area contributed by atoms with Gasteiger partial charge in [0.05, 0.1) is 0 Å². The van der Waals surface area contributed by atoms with Gasteiger partial charge < -0.3 is 9.64 Å². The summed E-state index contributed by atoms with van der Waals surface area (Å²) in [7, 11) is 1.71. The zero-order valence-corrected chi connectivity index (χ0v) is 12.1. The Morgan fingerprint density at radius 3 is 2.50 bits per heavy atom. The average Bonchev–Trinajstić information content (AvgIpc) is 2.40. The molecule has 3 nitrogen and oxygen atoms in total. The lowest BCUT2D eigenvalue weighted by atomic mass is 10.2. The van der Waals surface area contributed by atoms with Crippen LogP contribution >= 0.6 is 11.6 Å². The van der Waals surface area contributed by atoms with Gasteiger partial charge in [0.15, 0.2) is 0 Å². The van der Waals surface area contributed by atoms with Crippen molar-refractivity contribution in [3.05, 3.63) is 29.8 Å². The van der Waals surface area contributed by atoms with Crippen molar-refractivity contribution in [1.29, 1.82) is 0 Å². The van der Waals surface area contributed by atoms with E-state index in [1.807, 2.05) is 0 Å². The highest BCUT2D eigenvalue weighted by molar-refractivity contribution is 6.17. The van der Waals surface area contributed by atoms with E-state index in [-0.39, 0.29) is 11.7 Å². The molecule has 0 aliphatic rings. The van der Waals surface area contributed by atoms with E-state index in [1.54, 1.807) is 24.1 Å². The number of hydrogen-bond acceptors (Lipinski definition) is 2. The van der Waals surface area contributed by atoms with Gasteiger partial charge >= 0.3 is 6.61 Å². The highest BCUT2D eigenvalue weighted by atomic mass is 35.5. The number of benzene rings is 1. The smallest absolute Gasteiger partial charge is 0.387 e. The van der Waals surface area contributed by atoms with Crippen molar-refractivity contribution in [2.75, 3.05) is 12.9 Å². The highest BCUT2D eigenvalue weighted by Gasteiger charge is 2.09. The standard InChI is InChI=1S/C14H18ClF2NO2/c1-18(13(19)4-2-3-9-15)10-11-5-7-12(8-6-11)20-14(16)17/h5-8,14H,2-4,9-10H2,1H3. The van der Waals surface area contributed by atoms with Crippen LogP contribution in [0, 0.1) is 0 Å². The fourth-order valence-corrected chi connectivity index (χ4v) is 1.89. The van der Waals surface area contributed by atoms with E-state index < -0.39 is 6.61 Å². The maximum Gasteiger partial charge on any atom is 0.387 e. The first-order valence-electron chi connectivity index (χ1n) is 6.36. The van der Waals surface area contributed by atoms with E-state index >= 15 is 0 Å². The third-order valence-corrected chi connectivity index (χ3v) is 3.04. The fourth-order valence-electron chi connectivity index (χ4n) is 1.70. The molecule has 0 heterocycles. The summed E-state index contributed by atoms with van der Waals surface area (Å²) in [6.07, 6.45) is 2.06. The predicted molar refractivity (Wildman–Crippen MR) is 74.1 cm³/mol. The first-order chi connectivity index (χ1) is 9.52. The summed E-state index contributed by atoms with van der Waals surface area (Å²) in [6, 6.07) is 6.27. The largest absolute Gasteiger partial charge is 0.435 e. The van der Waals surface area contributed by atoms with Crippen molar-refractivity contribution >= 4 is 17.5 Å². The molecule has 0 aliphatic heterocycles. The first-order valence-corrected chi connectivity index (χ1v) is 6.90. The highest BCUT2D eigenvalue weighted by Crippen LogP contribution is 2.16. The molecule has 0 aromatic heterocycles. The second-order valence-electron chi connectivity index (χ2n) is 4.42. The maximum atomic E-state index is 12.0. The van der Waals surface area contributed by atoms with Gasteiger partial charge in [-0.05, 0) is 30.5 Å². The number of halogens is 3. The van der Waals surface area contributed by atoms with E-state index in [0.717, 1.165) is 18.4 Å². The number of alkyl halides is 3. The Hall–Kier alpha value is -1.36. The van der Waals surface area contributed by atoms with Crippen LogP contribution in [0.15, 0.2) is 24.3 Å². The third-order valence-electron chi connectivity index (χ3n) is 2.77. The van der Waals surface area contributed by atoms with Gasteiger partial charge in [0.2, 0.25) is 5.91 Å². The number of rotatable bonds is 8. The van der Waals surface area contributed by atoms with Gasteiger partial charge in [0, 0.05) is 25.9 Å². The molecule has 1 amide bonds. The monoisotopic (exact) mass is 305 g/mol. The molecule has 0 aliphatic carbocycles. The Labute approximate surface area is 122 Å². The molecular weight excluding hydrogens is 288 g/mol. The molecule has 0 spiro atoms. The summed E-state index contributed by atoms with van der Waals surface area (Å²) in [5.41, 5.74) is 0.861. The van der Waals surface area contributed by atoms with Gasteiger partial charge in [0.25, 0.3) is 0 Å². The summed E-state index contributed by atoms with van der Waals surface area (Å²) in [4.78, 5) is 13.4.